The maximum absolute atomic E-state index is 5.79. The molecule has 0 aromatic heterocycles. The van der Waals surface area contributed by atoms with E-state index in [1.54, 1.807) is 0 Å². The Kier molecular flexibility index (Phi) is 3.96. The molecule has 1 rings (SSSR count). The first-order valence-electron chi connectivity index (χ1n) is 5.15. The molecule has 1 aromatic rings. The third-order valence-corrected chi connectivity index (χ3v) is 2.30. The largest absolute Gasteiger partial charge is 0.491 e. The Morgan fingerprint density at radius 2 is 2.07 bits per heavy atom. The van der Waals surface area contributed by atoms with Gasteiger partial charge in [0.15, 0.2) is 0 Å². The van der Waals surface area contributed by atoms with Crippen molar-refractivity contribution in [2.24, 2.45) is 5.73 Å². The molecule has 2 unspecified atom stereocenters. The van der Waals surface area contributed by atoms with Crippen LogP contribution in [-0.2, 0) is 0 Å². The van der Waals surface area contributed by atoms with E-state index in [4.69, 9.17) is 10.5 Å². The Bertz CT molecular complexity index is 283. The average molecular weight is 193 g/mol. The SMILES string of the molecule is CCC(C)Oc1cccc(C(C)N)c1. The summed E-state index contributed by atoms with van der Waals surface area (Å²) in [7, 11) is 0. The normalized spacial score (nSPS) is 14.9. The van der Waals surface area contributed by atoms with Gasteiger partial charge in [-0.25, -0.2) is 0 Å². The molecule has 14 heavy (non-hydrogen) atoms. The lowest BCUT2D eigenvalue weighted by Gasteiger charge is -2.14. The molecule has 0 spiro atoms. The van der Waals surface area contributed by atoms with Crippen molar-refractivity contribution in [3.63, 3.8) is 0 Å². The number of rotatable bonds is 4. The summed E-state index contributed by atoms with van der Waals surface area (Å²) in [5, 5.41) is 0. The minimum absolute atomic E-state index is 0.0653. The molecule has 0 heterocycles. The van der Waals surface area contributed by atoms with Gasteiger partial charge in [-0.05, 0) is 38.0 Å². The van der Waals surface area contributed by atoms with Crippen LogP contribution in [0.1, 0.15) is 38.8 Å². The van der Waals surface area contributed by atoms with Crippen LogP contribution in [0.2, 0.25) is 0 Å². The van der Waals surface area contributed by atoms with Crippen LogP contribution < -0.4 is 10.5 Å². The zero-order valence-electron chi connectivity index (χ0n) is 9.16. The van der Waals surface area contributed by atoms with Crippen molar-refractivity contribution in [3.8, 4) is 5.75 Å². The van der Waals surface area contributed by atoms with Gasteiger partial charge in [0.25, 0.3) is 0 Å². The van der Waals surface area contributed by atoms with E-state index >= 15 is 0 Å². The molecule has 2 nitrogen and oxygen atoms in total. The molecule has 2 N–H and O–H groups in total. The first kappa shape index (κ1) is 11.1. The highest BCUT2D eigenvalue weighted by Gasteiger charge is 2.03. The number of nitrogens with two attached hydrogens (primary N) is 1. The Morgan fingerprint density at radius 1 is 1.36 bits per heavy atom. The minimum atomic E-state index is 0.0653. The van der Waals surface area contributed by atoms with Crippen LogP contribution in [0.3, 0.4) is 0 Å². The van der Waals surface area contributed by atoms with Gasteiger partial charge >= 0.3 is 0 Å². The Balaban J connectivity index is 2.73. The van der Waals surface area contributed by atoms with Crippen LogP contribution >= 0.6 is 0 Å². The van der Waals surface area contributed by atoms with E-state index < -0.39 is 0 Å². The summed E-state index contributed by atoms with van der Waals surface area (Å²) in [6, 6.07) is 8.05. The minimum Gasteiger partial charge on any atom is -0.491 e. The summed E-state index contributed by atoms with van der Waals surface area (Å²) in [4.78, 5) is 0. The number of ether oxygens (including phenoxy) is 1. The fourth-order valence-corrected chi connectivity index (χ4v) is 1.19. The standard InChI is InChI=1S/C12H19NO/c1-4-9(2)14-12-7-5-6-11(8-12)10(3)13/h5-10H,4,13H2,1-3H3. The van der Waals surface area contributed by atoms with Crippen LogP contribution in [0.25, 0.3) is 0 Å². The second-order valence-electron chi connectivity index (χ2n) is 3.70. The highest BCUT2D eigenvalue weighted by atomic mass is 16.5. The summed E-state index contributed by atoms with van der Waals surface area (Å²) in [6.07, 6.45) is 1.28. The second-order valence-corrected chi connectivity index (χ2v) is 3.70. The van der Waals surface area contributed by atoms with Crippen molar-refractivity contribution in [1.82, 2.24) is 0 Å². The molecule has 0 radical (unpaired) electrons. The molecule has 0 saturated carbocycles. The summed E-state index contributed by atoms with van der Waals surface area (Å²) in [5.41, 5.74) is 6.91. The van der Waals surface area contributed by atoms with E-state index in [1.807, 2.05) is 31.2 Å². The molecule has 2 heteroatoms. The van der Waals surface area contributed by atoms with Gasteiger partial charge < -0.3 is 10.5 Å². The first-order chi connectivity index (χ1) is 6.63. The number of benzene rings is 1. The Labute approximate surface area is 86.1 Å². The molecule has 78 valence electrons. The van der Waals surface area contributed by atoms with Crippen LogP contribution in [0.5, 0.6) is 5.75 Å². The highest BCUT2D eigenvalue weighted by molar-refractivity contribution is 5.30. The Morgan fingerprint density at radius 3 is 2.64 bits per heavy atom. The molecule has 0 amide bonds. The van der Waals surface area contributed by atoms with Crippen LogP contribution in [0, 0.1) is 0 Å². The monoisotopic (exact) mass is 193 g/mol. The van der Waals surface area contributed by atoms with Crippen molar-refractivity contribution in [2.45, 2.75) is 39.3 Å². The molecule has 0 aliphatic carbocycles. The van der Waals surface area contributed by atoms with Crippen LogP contribution in [0.15, 0.2) is 24.3 Å². The molecule has 0 saturated heterocycles. The van der Waals surface area contributed by atoms with E-state index in [0.29, 0.717) is 0 Å². The van der Waals surface area contributed by atoms with E-state index in [2.05, 4.69) is 13.8 Å². The van der Waals surface area contributed by atoms with Crippen molar-refractivity contribution >= 4 is 0 Å². The zero-order chi connectivity index (χ0) is 10.6. The van der Waals surface area contributed by atoms with Crippen LogP contribution in [-0.4, -0.2) is 6.10 Å². The lowest BCUT2D eigenvalue weighted by Crippen LogP contribution is -2.10. The van der Waals surface area contributed by atoms with Gasteiger partial charge in [0.1, 0.15) is 5.75 Å². The third kappa shape index (κ3) is 3.04. The molecule has 1 aromatic carbocycles. The summed E-state index contributed by atoms with van der Waals surface area (Å²) in [5.74, 6) is 0.911. The van der Waals surface area contributed by atoms with Gasteiger partial charge in [-0.15, -0.1) is 0 Å². The van der Waals surface area contributed by atoms with Gasteiger partial charge in [-0.3, -0.25) is 0 Å². The topological polar surface area (TPSA) is 35.2 Å². The summed E-state index contributed by atoms with van der Waals surface area (Å²) in [6.45, 7) is 6.15. The quantitative estimate of drug-likeness (QED) is 0.798. The van der Waals surface area contributed by atoms with Gasteiger partial charge in [-0.2, -0.15) is 0 Å². The molecule has 0 bridgehead atoms. The van der Waals surface area contributed by atoms with Crippen molar-refractivity contribution in [1.29, 1.82) is 0 Å². The highest BCUT2D eigenvalue weighted by Crippen LogP contribution is 2.19. The van der Waals surface area contributed by atoms with E-state index in [9.17, 15) is 0 Å². The maximum atomic E-state index is 5.79. The summed E-state index contributed by atoms with van der Waals surface area (Å²) >= 11 is 0. The van der Waals surface area contributed by atoms with Crippen LogP contribution in [0.4, 0.5) is 0 Å². The molecular weight excluding hydrogens is 174 g/mol. The molecule has 0 fully saturated rings. The predicted octanol–water partition coefficient (Wildman–Crippen LogP) is 2.88. The van der Waals surface area contributed by atoms with Gasteiger partial charge in [0, 0.05) is 6.04 Å². The number of hydrogen-bond donors (Lipinski definition) is 1. The van der Waals surface area contributed by atoms with E-state index in [0.717, 1.165) is 17.7 Å². The lowest BCUT2D eigenvalue weighted by molar-refractivity contribution is 0.217. The summed E-state index contributed by atoms with van der Waals surface area (Å²) < 4.78 is 5.70. The van der Waals surface area contributed by atoms with E-state index in [1.165, 1.54) is 0 Å². The van der Waals surface area contributed by atoms with Gasteiger partial charge in [-0.1, -0.05) is 19.1 Å². The smallest absolute Gasteiger partial charge is 0.120 e. The fraction of sp³-hybridized carbons (Fsp3) is 0.500. The van der Waals surface area contributed by atoms with Crippen molar-refractivity contribution < 1.29 is 4.74 Å². The van der Waals surface area contributed by atoms with Crippen molar-refractivity contribution in [2.75, 3.05) is 0 Å². The average Bonchev–Trinajstić information content (AvgIpc) is 2.18. The first-order valence-corrected chi connectivity index (χ1v) is 5.15. The molecule has 0 aliphatic rings. The van der Waals surface area contributed by atoms with E-state index in [-0.39, 0.29) is 12.1 Å². The third-order valence-electron chi connectivity index (χ3n) is 2.30. The molecule has 0 aliphatic heterocycles. The van der Waals surface area contributed by atoms with Crippen molar-refractivity contribution in [3.05, 3.63) is 29.8 Å². The maximum Gasteiger partial charge on any atom is 0.120 e. The molecule has 2 atom stereocenters. The molecular formula is C12H19NO. The fourth-order valence-electron chi connectivity index (χ4n) is 1.19. The zero-order valence-corrected chi connectivity index (χ0v) is 9.16. The van der Waals surface area contributed by atoms with Gasteiger partial charge in [0.05, 0.1) is 6.10 Å². The predicted molar refractivity (Wildman–Crippen MR) is 59.4 cm³/mol. The second kappa shape index (κ2) is 5.01. The number of hydrogen-bond acceptors (Lipinski definition) is 2. The van der Waals surface area contributed by atoms with Gasteiger partial charge in [0.2, 0.25) is 0 Å². The Hall–Kier alpha value is -1.02. The lowest BCUT2D eigenvalue weighted by atomic mass is 10.1.